The van der Waals surface area contributed by atoms with Crippen LogP contribution in [-0.4, -0.2) is 51.9 Å². The van der Waals surface area contributed by atoms with E-state index in [4.69, 9.17) is 0 Å². The molecule has 0 N–H and O–H groups in total. The molecule has 158 valence electrons. The number of likely N-dealkylation sites (tertiary alicyclic amines) is 1. The first-order valence-electron chi connectivity index (χ1n) is 10.7. The van der Waals surface area contributed by atoms with Gasteiger partial charge < -0.3 is 9.80 Å². The van der Waals surface area contributed by atoms with Crippen LogP contribution in [0.15, 0.2) is 54.6 Å². The van der Waals surface area contributed by atoms with E-state index in [0.717, 1.165) is 36.3 Å². The molecule has 2 aromatic carbocycles. The molecule has 0 atom stereocenters. The Morgan fingerprint density at radius 1 is 0.833 bits per heavy atom. The molecule has 2 heterocycles. The Morgan fingerprint density at radius 2 is 1.43 bits per heavy atom. The van der Waals surface area contributed by atoms with Crippen molar-refractivity contribution < 1.29 is 9.59 Å². The average Bonchev–Trinajstić information content (AvgIpc) is 3.16. The summed E-state index contributed by atoms with van der Waals surface area (Å²) in [6.07, 6.45) is 1.64. The topological polar surface area (TPSA) is 40.6 Å². The first-order valence-corrected chi connectivity index (χ1v) is 11.7. The summed E-state index contributed by atoms with van der Waals surface area (Å²) in [5.74, 6) is 1.16. The third-order valence-corrected chi connectivity index (χ3v) is 7.83. The van der Waals surface area contributed by atoms with Crippen LogP contribution in [0.5, 0.6) is 0 Å². The normalized spacial score (nSPS) is 18.6. The zero-order valence-electron chi connectivity index (χ0n) is 18.1. The molecule has 2 aliphatic heterocycles. The molecule has 0 aliphatic carbocycles. The fraction of sp³-hybridized carbons (Fsp3) is 0.440. The van der Waals surface area contributed by atoms with Crippen LogP contribution < -0.4 is 0 Å². The van der Waals surface area contributed by atoms with Crippen molar-refractivity contribution in [2.45, 2.75) is 43.9 Å². The number of amides is 2. The number of carbonyl (C=O) groups is 2. The molecular formula is C25H30N2O2S. The van der Waals surface area contributed by atoms with Crippen molar-refractivity contribution in [1.82, 2.24) is 9.80 Å². The minimum absolute atomic E-state index is 0.0738. The summed E-state index contributed by atoms with van der Waals surface area (Å²) >= 11 is 1.88. The third-order valence-electron chi connectivity index (χ3n) is 6.27. The lowest BCUT2D eigenvalue weighted by molar-refractivity contribution is 0.0498. The number of benzene rings is 2. The van der Waals surface area contributed by atoms with Crippen LogP contribution in [-0.2, 0) is 5.41 Å². The van der Waals surface area contributed by atoms with Gasteiger partial charge in [-0.2, -0.15) is 0 Å². The Morgan fingerprint density at radius 3 is 2.03 bits per heavy atom. The molecule has 30 heavy (non-hydrogen) atoms. The van der Waals surface area contributed by atoms with Crippen LogP contribution in [0.2, 0.25) is 0 Å². The molecule has 0 radical (unpaired) electrons. The monoisotopic (exact) mass is 422 g/mol. The number of piperidine rings is 1. The van der Waals surface area contributed by atoms with E-state index in [1.54, 1.807) is 0 Å². The molecule has 1 spiro atoms. The highest BCUT2D eigenvalue weighted by molar-refractivity contribution is 8.00. The lowest BCUT2D eigenvalue weighted by atomic mass is 9.86. The summed E-state index contributed by atoms with van der Waals surface area (Å²) in [6.45, 7) is 8.69. The van der Waals surface area contributed by atoms with Crippen molar-refractivity contribution in [1.29, 1.82) is 0 Å². The summed E-state index contributed by atoms with van der Waals surface area (Å²) in [7, 11) is 0. The van der Waals surface area contributed by atoms with Gasteiger partial charge in [0.25, 0.3) is 11.8 Å². The lowest BCUT2D eigenvalue weighted by Crippen LogP contribution is -2.53. The zero-order valence-corrected chi connectivity index (χ0v) is 18.9. The van der Waals surface area contributed by atoms with Crippen molar-refractivity contribution in [2.24, 2.45) is 0 Å². The molecule has 2 saturated heterocycles. The summed E-state index contributed by atoms with van der Waals surface area (Å²) in [5.41, 5.74) is 2.80. The highest BCUT2D eigenvalue weighted by atomic mass is 32.2. The van der Waals surface area contributed by atoms with Gasteiger partial charge in [-0.3, -0.25) is 9.59 Å². The van der Waals surface area contributed by atoms with Crippen molar-refractivity contribution in [2.75, 3.05) is 25.4 Å². The summed E-state index contributed by atoms with van der Waals surface area (Å²) in [5, 5.41) is 0. The quantitative estimate of drug-likeness (QED) is 0.698. The number of thioether (sulfide) groups is 1. The predicted molar refractivity (Wildman–Crippen MR) is 123 cm³/mol. The number of rotatable bonds is 2. The first-order chi connectivity index (χ1) is 14.3. The van der Waals surface area contributed by atoms with Gasteiger partial charge in [-0.25, -0.2) is 0 Å². The number of hydrogen-bond donors (Lipinski definition) is 0. The largest absolute Gasteiger partial charge is 0.338 e. The number of nitrogens with zero attached hydrogens (tertiary/aromatic N) is 2. The van der Waals surface area contributed by atoms with Crippen molar-refractivity contribution in [3.8, 4) is 0 Å². The van der Waals surface area contributed by atoms with E-state index in [9.17, 15) is 9.59 Å². The third kappa shape index (κ3) is 4.00. The smallest absolute Gasteiger partial charge is 0.254 e. The van der Waals surface area contributed by atoms with Gasteiger partial charge in [0.1, 0.15) is 0 Å². The van der Waals surface area contributed by atoms with Crippen LogP contribution in [0.3, 0.4) is 0 Å². The SMILES string of the molecule is CC(C)(C)c1ccc(C(=O)N2CCSC23CCN(C(=O)c2ccccc2)CC3)cc1. The van der Waals surface area contributed by atoms with Gasteiger partial charge in [0.2, 0.25) is 0 Å². The Hall–Kier alpha value is -2.27. The van der Waals surface area contributed by atoms with Gasteiger partial charge in [-0.15, -0.1) is 11.8 Å². The Bertz CT molecular complexity index is 910. The van der Waals surface area contributed by atoms with Gasteiger partial charge >= 0.3 is 0 Å². The van der Waals surface area contributed by atoms with Crippen molar-refractivity contribution >= 4 is 23.6 Å². The number of hydrogen-bond acceptors (Lipinski definition) is 3. The first kappa shape index (κ1) is 21.0. The van der Waals surface area contributed by atoms with Gasteiger partial charge in [0, 0.05) is 36.5 Å². The highest BCUT2D eigenvalue weighted by Gasteiger charge is 2.47. The summed E-state index contributed by atoms with van der Waals surface area (Å²) in [4.78, 5) is 29.9. The fourth-order valence-corrected chi connectivity index (χ4v) is 5.86. The lowest BCUT2D eigenvalue weighted by Gasteiger charge is -2.44. The molecule has 2 aliphatic rings. The van der Waals surface area contributed by atoms with Gasteiger partial charge in [-0.1, -0.05) is 51.1 Å². The van der Waals surface area contributed by atoms with Crippen LogP contribution >= 0.6 is 11.8 Å². The van der Waals surface area contributed by atoms with Crippen molar-refractivity contribution in [3.05, 3.63) is 71.3 Å². The Balaban J connectivity index is 1.46. The molecule has 2 fully saturated rings. The standard InChI is InChI=1S/C25H30N2O2S/c1-24(2,3)21-11-9-20(10-12-21)23(29)27-17-18-30-25(27)13-15-26(16-14-25)22(28)19-7-5-4-6-8-19/h4-12H,13-18H2,1-3H3. The molecule has 2 aromatic rings. The maximum absolute atomic E-state index is 13.4. The molecule has 4 rings (SSSR count). The highest BCUT2D eigenvalue weighted by Crippen LogP contribution is 2.44. The van der Waals surface area contributed by atoms with Gasteiger partial charge in [0.15, 0.2) is 0 Å². The van der Waals surface area contributed by atoms with Crippen LogP contribution in [0, 0.1) is 0 Å². The molecule has 2 amide bonds. The molecule has 0 saturated carbocycles. The van der Waals surface area contributed by atoms with E-state index in [0.29, 0.717) is 13.1 Å². The van der Waals surface area contributed by atoms with Gasteiger partial charge in [0.05, 0.1) is 4.87 Å². The Kier molecular flexibility index (Phi) is 5.67. The predicted octanol–water partition coefficient (Wildman–Crippen LogP) is 4.81. The van der Waals surface area contributed by atoms with E-state index in [1.165, 1.54) is 5.56 Å². The molecule has 4 nitrogen and oxygen atoms in total. The van der Waals surface area contributed by atoms with Crippen LogP contribution in [0.4, 0.5) is 0 Å². The number of carbonyl (C=O) groups excluding carboxylic acids is 2. The van der Waals surface area contributed by atoms with E-state index in [2.05, 4.69) is 37.8 Å². The second-order valence-electron chi connectivity index (χ2n) is 9.24. The molecule has 0 unspecified atom stereocenters. The summed E-state index contributed by atoms with van der Waals surface area (Å²) < 4.78 is 0. The van der Waals surface area contributed by atoms with Crippen LogP contribution in [0.25, 0.3) is 0 Å². The summed E-state index contributed by atoms with van der Waals surface area (Å²) in [6, 6.07) is 17.5. The van der Waals surface area contributed by atoms with E-state index < -0.39 is 0 Å². The second kappa shape index (κ2) is 8.10. The minimum atomic E-state index is -0.187. The molecular weight excluding hydrogens is 392 g/mol. The van der Waals surface area contributed by atoms with Crippen molar-refractivity contribution in [3.63, 3.8) is 0 Å². The minimum Gasteiger partial charge on any atom is -0.338 e. The molecule has 0 bridgehead atoms. The molecule has 5 heteroatoms. The van der Waals surface area contributed by atoms with E-state index in [-0.39, 0.29) is 22.1 Å². The fourth-order valence-electron chi connectivity index (χ4n) is 4.40. The Labute approximate surface area is 183 Å². The maximum Gasteiger partial charge on any atom is 0.254 e. The average molecular weight is 423 g/mol. The molecule has 0 aromatic heterocycles. The second-order valence-corrected chi connectivity index (χ2v) is 10.7. The van der Waals surface area contributed by atoms with Crippen LogP contribution in [0.1, 0.15) is 59.9 Å². The maximum atomic E-state index is 13.4. The zero-order chi connectivity index (χ0) is 21.4. The van der Waals surface area contributed by atoms with E-state index in [1.807, 2.05) is 59.1 Å². The van der Waals surface area contributed by atoms with E-state index >= 15 is 0 Å². The van der Waals surface area contributed by atoms with Gasteiger partial charge in [-0.05, 0) is 48.1 Å².